The van der Waals surface area contributed by atoms with Gasteiger partial charge in [-0.25, -0.2) is 4.21 Å². The van der Waals surface area contributed by atoms with E-state index in [9.17, 15) is 4.21 Å². The van der Waals surface area contributed by atoms with Gasteiger partial charge in [0.15, 0.2) is 0 Å². The lowest BCUT2D eigenvalue weighted by Crippen LogP contribution is -1.89. The number of hydrogen-bond donors (Lipinski definition) is 0. The smallest absolute Gasteiger partial charge is 0.0789 e. The van der Waals surface area contributed by atoms with Crippen molar-refractivity contribution in [3.63, 3.8) is 0 Å². The molecule has 0 saturated heterocycles. The van der Waals surface area contributed by atoms with Gasteiger partial charge in [-0.15, -0.1) is 0 Å². The Bertz CT molecular complexity index is 575. The standard InChI is InChI=1S/C11H7NOS/c13-14-6-5-8-7-12-10-4-2-1-3-9(10)11(8)14/h1-7H. The Kier molecular flexibility index (Phi) is 1.55. The molecule has 0 aliphatic carbocycles. The third-order valence-corrected chi connectivity index (χ3v) is 3.57. The third kappa shape index (κ3) is 0.960. The summed E-state index contributed by atoms with van der Waals surface area (Å²) in [6, 6.07) is 7.78. The van der Waals surface area contributed by atoms with Crippen LogP contribution in [0, 0.1) is 0 Å². The van der Waals surface area contributed by atoms with Gasteiger partial charge in [0.25, 0.3) is 0 Å². The highest BCUT2D eigenvalue weighted by Gasteiger charge is 2.15. The number of nitrogens with zero attached hydrogens (tertiary/aromatic N) is 1. The molecule has 3 rings (SSSR count). The van der Waals surface area contributed by atoms with Gasteiger partial charge >= 0.3 is 0 Å². The zero-order valence-electron chi connectivity index (χ0n) is 7.31. The molecule has 0 fully saturated rings. The summed E-state index contributed by atoms with van der Waals surface area (Å²) in [7, 11) is -0.993. The SMILES string of the molecule is O=S1C=Cc2cnc3ccccc3c21. The number of rotatable bonds is 0. The van der Waals surface area contributed by atoms with Crippen molar-refractivity contribution in [3.8, 4) is 0 Å². The van der Waals surface area contributed by atoms with Gasteiger partial charge in [0, 0.05) is 22.6 Å². The van der Waals surface area contributed by atoms with Crippen LogP contribution in [0.2, 0.25) is 0 Å². The van der Waals surface area contributed by atoms with Crippen LogP contribution in [-0.4, -0.2) is 9.19 Å². The molecule has 0 radical (unpaired) electrons. The van der Waals surface area contributed by atoms with E-state index in [0.29, 0.717) is 0 Å². The van der Waals surface area contributed by atoms with Crippen molar-refractivity contribution in [1.82, 2.24) is 4.98 Å². The second-order valence-electron chi connectivity index (χ2n) is 3.16. The predicted molar refractivity (Wildman–Crippen MR) is 57.2 cm³/mol. The minimum atomic E-state index is -0.993. The van der Waals surface area contributed by atoms with Gasteiger partial charge in [-0.3, -0.25) is 4.98 Å². The molecule has 68 valence electrons. The molecule has 0 saturated carbocycles. The van der Waals surface area contributed by atoms with E-state index in [-0.39, 0.29) is 0 Å². The highest BCUT2D eigenvalue weighted by atomic mass is 32.2. The Morgan fingerprint density at radius 1 is 1.21 bits per heavy atom. The van der Waals surface area contributed by atoms with Gasteiger partial charge in [0.05, 0.1) is 21.2 Å². The summed E-state index contributed by atoms with van der Waals surface area (Å²) in [4.78, 5) is 5.20. The molecule has 1 aromatic carbocycles. The number of hydrogen-bond acceptors (Lipinski definition) is 2. The van der Waals surface area contributed by atoms with Gasteiger partial charge in [0.1, 0.15) is 0 Å². The Morgan fingerprint density at radius 3 is 3.00 bits per heavy atom. The average Bonchev–Trinajstić information content (AvgIpc) is 2.61. The summed E-state index contributed by atoms with van der Waals surface area (Å²) in [5.74, 6) is 0. The lowest BCUT2D eigenvalue weighted by atomic mass is 10.1. The van der Waals surface area contributed by atoms with Crippen molar-refractivity contribution in [1.29, 1.82) is 0 Å². The Hall–Kier alpha value is -1.48. The molecule has 1 aliphatic heterocycles. The molecule has 0 amide bonds. The van der Waals surface area contributed by atoms with Crippen LogP contribution in [0.4, 0.5) is 0 Å². The molecule has 14 heavy (non-hydrogen) atoms. The molecule has 3 heteroatoms. The van der Waals surface area contributed by atoms with E-state index < -0.39 is 10.8 Å². The zero-order chi connectivity index (χ0) is 9.54. The maximum absolute atomic E-state index is 11.7. The van der Waals surface area contributed by atoms with Crippen LogP contribution in [-0.2, 0) is 10.8 Å². The molecule has 1 aliphatic rings. The molecule has 2 nitrogen and oxygen atoms in total. The first kappa shape index (κ1) is 7.88. The molecule has 0 bridgehead atoms. The average molecular weight is 201 g/mol. The molecule has 1 aromatic heterocycles. The van der Waals surface area contributed by atoms with Crippen LogP contribution in [0.5, 0.6) is 0 Å². The van der Waals surface area contributed by atoms with Gasteiger partial charge in [-0.05, 0) is 12.1 Å². The van der Waals surface area contributed by atoms with Crippen molar-refractivity contribution in [2.24, 2.45) is 0 Å². The van der Waals surface area contributed by atoms with E-state index >= 15 is 0 Å². The molecular formula is C11H7NOS. The molecule has 2 aromatic rings. The normalized spacial score (nSPS) is 18.7. The van der Waals surface area contributed by atoms with Crippen molar-refractivity contribution in [2.75, 3.05) is 0 Å². The summed E-state index contributed by atoms with van der Waals surface area (Å²) in [5, 5.41) is 2.70. The predicted octanol–water partition coefficient (Wildman–Crippen LogP) is 2.33. The molecular weight excluding hydrogens is 194 g/mol. The minimum Gasteiger partial charge on any atom is -0.256 e. The monoisotopic (exact) mass is 201 g/mol. The Morgan fingerprint density at radius 2 is 2.07 bits per heavy atom. The van der Waals surface area contributed by atoms with Crippen molar-refractivity contribution < 1.29 is 4.21 Å². The summed E-state index contributed by atoms with van der Waals surface area (Å²) in [6.45, 7) is 0. The fourth-order valence-electron chi connectivity index (χ4n) is 1.68. The highest BCUT2D eigenvalue weighted by Crippen LogP contribution is 2.29. The number of aromatic nitrogens is 1. The molecule has 2 heterocycles. The van der Waals surface area contributed by atoms with Crippen LogP contribution < -0.4 is 0 Å². The van der Waals surface area contributed by atoms with Gasteiger partial charge < -0.3 is 0 Å². The number of benzene rings is 1. The quantitative estimate of drug-likeness (QED) is 0.654. The molecule has 1 atom stereocenters. The Balaban J connectivity index is 2.50. The van der Waals surface area contributed by atoms with Gasteiger partial charge in [-0.1, -0.05) is 18.2 Å². The highest BCUT2D eigenvalue weighted by molar-refractivity contribution is 7.88. The first-order valence-electron chi connectivity index (χ1n) is 4.33. The topological polar surface area (TPSA) is 30.0 Å². The second kappa shape index (κ2) is 2.75. The van der Waals surface area contributed by atoms with E-state index in [4.69, 9.17) is 0 Å². The van der Waals surface area contributed by atoms with Gasteiger partial charge in [-0.2, -0.15) is 0 Å². The van der Waals surface area contributed by atoms with Crippen molar-refractivity contribution >= 4 is 27.8 Å². The maximum atomic E-state index is 11.7. The summed E-state index contributed by atoms with van der Waals surface area (Å²) < 4.78 is 11.7. The summed E-state index contributed by atoms with van der Waals surface area (Å²) in [6.07, 6.45) is 3.64. The number of fused-ring (bicyclic) bond motifs is 3. The fraction of sp³-hybridized carbons (Fsp3) is 0. The summed E-state index contributed by atoms with van der Waals surface area (Å²) in [5.41, 5.74) is 1.88. The third-order valence-electron chi connectivity index (χ3n) is 2.33. The van der Waals surface area contributed by atoms with Gasteiger partial charge in [0.2, 0.25) is 0 Å². The minimum absolute atomic E-state index is 0.899. The first-order chi connectivity index (χ1) is 6.86. The molecule has 0 N–H and O–H groups in total. The largest absolute Gasteiger partial charge is 0.256 e. The zero-order valence-corrected chi connectivity index (χ0v) is 8.12. The van der Waals surface area contributed by atoms with Crippen LogP contribution in [0.25, 0.3) is 17.0 Å². The molecule has 1 unspecified atom stereocenters. The van der Waals surface area contributed by atoms with Crippen LogP contribution >= 0.6 is 0 Å². The lowest BCUT2D eigenvalue weighted by molar-refractivity contribution is 0.689. The maximum Gasteiger partial charge on any atom is 0.0789 e. The molecule has 0 spiro atoms. The van der Waals surface area contributed by atoms with E-state index in [0.717, 1.165) is 21.4 Å². The lowest BCUT2D eigenvalue weighted by Gasteiger charge is -2.02. The van der Waals surface area contributed by atoms with E-state index in [1.165, 1.54) is 0 Å². The number of pyridine rings is 1. The van der Waals surface area contributed by atoms with E-state index in [1.807, 2.05) is 30.3 Å². The second-order valence-corrected chi connectivity index (χ2v) is 4.44. The number of para-hydroxylation sites is 1. The van der Waals surface area contributed by atoms with E-state index in [2.05, 4.69) is 4.98 Å². The van der Waals surface area contributed by atoms with Crippen LogP contribution in [0.15, 0.2) is 40.8 Å². The summed E-state index contributed by atoms with van der Waals surface area (Å²) >= 11 is 0. The first-order valence-corrected chi connectivity index (χ1v) is 5.54. The van der Waals surface area contributed by atoms with Crippen LogP contribution in [0.3, 0.4) is 0 Å². The van der Waals surface area contributed by atoms with E-state index in [1.54, 1.807) is 11.6 Å². The van der Waals surface area contributed by atoms with Crippen LogP contribution in [0.1, 0.15) is 5.56 Å². The van der Waals surface area contributed by atoms with Crippen molar-refractivity contribution in [2.45, 2.75) is 4.90 Å². The Labute approximate surface area is 83.7 Å². The fourth-order valence-corrected chi connectivity index (χ4v) is 2.83. The van der Waals surface area contributed by atoms with Crippen molar-refractivity contribution in [3.05, 3.63) is 41.4 Å².